The number of aliphatic carboxylic acids is 1. The molecular formula is C14H12O2S. The molecule has 17 heavy (non-hydrogen) atoms. The summed E-state index contributed by atoms with van der Waals surface area (Å²) in [5.74, 6) is -0.798. The van der Waals surface area contributed by atoms with Crippen LogP contribution >= 0.6 is 11.8 Å². The van der Waals surface area contributed by atoms with Gasteiger partial charge in [-0.25, -0.2) is 0 Å². The molecule has 2 aromatic carbocycles. The number of hydrogen-bond acceptors (Lipinski definition) is 2. The molecule has 86 valence electrons. The molecule has 0 amide bonds. The third-order valence-electron chi connectivity index (χ3n) is 2.26. The van der Waals surface area contributed by atoms with Gasteiger partial charge in [-0.15, -0.1) is 0 Å². The molecule has 3 heteroatoms. The maximum Gasteiger partial charge on any atom is 0.307 e. The second kappa shape index (κ2) is 5.55. The lowest BCUT2D eigenvalue weighted by atomic mass is 10.2. The molecule has 0 atom stereocenters. The summed E-state index contributed by atoms with van der Waals surface area (Å²) in [6, 6.07) is 17.7. The first-order valence-electron chi connectivity index (χ1n) is 5.28. The topological polar surface area (TPSA) is 37.3 Å². The van der Waals surface area contributed by atoms with Crippen molar-refractivity contribution in [3.05, 3.63) is 60.2 Å². The Kier molecular flexibility index (Phi) is 3.83. The summed E-state index contributed by atoms with van der Waals surface area (Å²) in [6.07, 6.45) is 0.0796. The van der Waals surface area contributed by atoms with Gasteiger partial charge in [-0.3, -0.25) is 4.79 Å². The summed E-state index contributed by atoms with van der Waals surface area (Å²) in [4.78, 5) is 12.8. The Morgan fingerprint density at radius 1 is 0.941 bits per heavy atom. The van der Waals surface area contributed by atoms with Gasteiger partial charge >= 0.3 is 5.97 Å². The lowest BCUT2D eigenvalue weighted by Crippen LogP contribution is -1.99. The van der Waals surface area contributed by atoms with Crippen LogP contribution in [0.3, 0.4) is 0 Å². The van der Waals surface area contributed by atoms with E-state index in [1.807, 2.05) is 42.5 Å². The molecular weight excluding hydrogens is 232 g/mol. The number of hydrogen-bond donors (Lipinski definition) is 1. The standard InChI is InChI=1S/C14H12O2S/c15-14(16)10-11-6-8-13(9-7-11)17-12-4-2-1-3-5-12/h1-9H,10H2,(H,15,16). The van der Waals surface area contributed by atoms with Crippen LogP contribution in [0.2, 0.25) is 0 Å². The molecule has 1 N–H and O–H groups in total. The highest BCUT2D eigenvalue weighted by Gasteiger charge is 2.01. The lowest BCUT2D eigenvalue weighted by molar-refractivity contribution is -0.136. The first-order valence-corrected chi connectivity index (χ1v) is 6.09. The molecule has 0 saturated heterocycles. The molecule has 2 nitrogen and oxygen atoms in total. The molecule has 0 aliphatic rings. The summed E-state index contributed by atoms with van der Waals surface area (Å²) >= 11 is 1.67. The van der Waals surface area contributed by atoms with Crippen molar-refractivity contribution in [2.45, 2.75) is 16.2 Å². The third kappa shape index (κ3) is 3.64. The molecule has 0 aliphatic heterocycles. The van der Waals surface area contributed by atoms with Crippen molar-refractivity contribution < 1.29 is 9.90 Å². The van der Waals surface area contributed by atoms with E-state index in [1.54, 1.807) is 11.8 Å². The Hall–Kier alpha value is -1.74. The first kappa shape index (κ1) is 11.7. The van der Waals surface area contributed by atoms with Crippen molar-refractivity contribution >= 4 is 17.7 Å². The molecule has 0 bridgehead atoms. The third-order valence-corrected chi connectivity index (χ3v) is 3.27. The van der Waals surface area contributed by atoms with Gasteiger partial charge in [0.15, 0.2) is 0 Å². The van der Waals surface area contributed by atoms with Gasteiger partial charge in [-0.1, -0.05) is 42.1 Å². The zero-order valence-corrected chi connectivity index (χ0v) is 9.98. The second-order valence-electron chi connectivity index (χ2n) is 3.63. The minimum atomic E-state index is -0.798. The second-order valence-corrected chi connectivity index (χ2v) is 4.78. The highest BCUT2D eigenvalue weighted by Crippen LogP contribution is 2.27. The van der Waals surface area contributed by atoms with Crippen molar-refractivity contribution in [2.24, 2.45) is 0 Å². The Morgan fingerprint density at radius 2 is 1.53 bits per heavy atom. The fourth-order valence-corrected chi connectivity index (χ4v) is 2.31. The van der Waals surface area contributed by atoms with Crippen LogP contribution in [0.15, 0.2) is 64.4 Å². The van der Waals surface area contributed by atoms with Crippen molar-refractivity contribution in [1.82, 2.24) is 0 Å². The maximum atomic E-state index is 10.5. The largest absolute Gasteiger partial charge is 0.481 e. The Labute approximate surface area is 104 Å². The van der Waals surface area contributed by atoms with Crippen molar-refractivity contribution in [3.63, 3.8) is 0 Å². The van der Waals surface area contributed by atoms with Crippen LogP contribution < -0.4 is 0 Å². The predicted octanol–water partition coefficient (Wildman–Crippen LogP) is 3.46. The Morgan fingerprint density at radius 3 is 2.12 bits per heavy atom. The van der Waals surface area contributed by atoms with Gasteiger partial charge in [0, 0.05) is 9.79 Å². The predicted molar refractivity (Wildman–Crippen MR) is 68.3 cm³/mol. The molecule has 0 radical (unpaired) electrons. The minimum absolute atomic E-state index is 0.0796. The van der Waals surface area contributed by atoms with E-state index in [2.05, 4.69) is 12.1 Å². The molecule has 0 heterocycles. The smallest absolute Gasteiger partial charge is 0.307 e. The van der Waals surface area contributed by atoms with Crippen molar-refractivity contribution in [1.29, 1.82) is 0 Å². The normalized spacial score (nSPS) is 10.1. The summed E-state index contributed by atoms with van der Waals surface area (Å²) in [5.41, 5.74) is 0.829. The lowest BCUT2D eigenvalue weighted by Gasteiger charge is -2.02. The highest BCUT2D eigenvalue weighted by atomic mass is 32.2. The van der Waals surface area contributed by atoms with Gasteiger partial charge in [0.25, 0.3) is 0 Å². The Balaban J connectivity index is 2.06. The first-order chi connectivity index (χ1) is 8.24. The zero-order valence-electron chi connectivity index (χ0n) is 9.17. The van der Waals surface area contributed by atoms with E-state index in [-0.39, 0.29) is 6.42 Å². The van der Waals surface area contributed by atoms with E-state index >= 15 is 0 Å². The van der Waals surface area contributed by atoms with Gasteiger partial charge < -0.3 is 5.11 Å². The van der Waals surface area contributed by atoms with Crippen molar-refractivity contribution in [3.8, 4) is 0 Å². The van der Waals surface area contributed by atoms with Gasteiger partial charge in [0.2, 0.25) is 0 Å². The van der Waals surface area contributed by atoms with Crippen LogP contribution in [-0.2, 0) is 11.2 Å². The molecule has 0 aromatic heterocycles. The van der Waals surface area contributed by atoms with Crippen molar-refractivity contribution in [2.75, 3.05) is 0 Å². The van der Waals surface area contributed by atoms with E-state index in [0.29, 0.717) is 0 Å². The number of carboxylic acids is 1. The van der Waals surface area contributed by atoms with Gasteiger partial charge in [0.05, 0.1) is 6.42 Å². The number of carboxylic acid groups (broad SMARTS) is 1. The molecule has 0 spiro atoms. The minimum Gasteiger partial charge on any atom is -0.481 e. The van der Waals surface area contributed by atoms with Crippen LogP contribution in [0.1, 0.15) is 5.56 Å². The molecule has 2 aromatic rings. The molecule has 0 aliphatic carbocycles. The van der Waals surface area contributed by atoms with E-state index in [0.717, 1.165) is 10.5 Å². The Bertz CT molecular complexity index is 491. The molecule has 0 fully saturated rings. The van der Waals surface area contributed by atoms with Crippen LogP contribution in [0.4, 0.5) is 0 Å². The highest BCUT2D eigenvalue weighted by molar-refractivity contribution is 7.99. The number of carbonyl (C=O) groups is 1. The van der Waals surface area contributed by atoms with E-state index < -0.39 is 5.97 Å². The monoisotopic (exact) mass is 244 g/mol. The number of rotatable bonds is 4. The average molecular weight is 244 g/mol. The van der Waals surface area contributed by atoms with Crippen LogP contribution in [0.25, 0.3) is 0 Å². The van der Waals surface area contributed by atoms with E-state index in [4.69, 9.17) is 5.11 Å². The average Bonchev–Trinajstić information content (AvgIpc) is 2.32. The maximum absolute atomic E-state index is 10.5. The molecule has 0 saturated carbocycles. The summed E-state index contributed by atoms with van der Waals surface area (Å²) in [6.45, 7) is 0. The summed E-state index contributed by atoms with van der Waals surface area (Å²) < 4.78 is 0. The molecule has 0 unspecified atom stereocenters. The number of benzene rings is 2. The summed E-state index contributed by atoms with van der Waals surface area (Å²) in [7, 11) is 0. The fraction of sp³-hybridized carbons (Fsp3) is 0.0714. The van der Waals surface area contributed by atoms with E-state index in [1.165, 1.54) is 4.90 Å². The van der Waals surface area contributed by atoms with Gasteiger partial charge in [0.1, 0.15) is 0 Å². The zero-order chi connectivity index (χ0) is 12.1. The quantitative estimate of drug-likeness (QED) is 0.894. The van der Waals surface area contributed by atoms with Gasteiger partial charge in [-0.2, -0.15) is 0 Å². The van der Waals surface area contributed by atoms with Crippen LogP contribution in [0, 0.1) is 0 Å². The summed E-state index contributed by atoms with van der Waals surface area (Å²) in [5, 5.41) is 8.67. The SMILES string of the molecule is O=C(O)Cc1ccc(Sc2ccccc2)cc1. The van der Waals surface area contributed by atoms with Crippen LogP contribution in [-0.4, -0.2) is 11.1 Å². The van der Waals surface area contributed by atoms with Gasteiger partial charge in [-0.05, 0) is 29.8 Å². The van der Waals surface area contributed by atoms with E-state index in [9.17, 15) is 4.79 Å². The van der Waals surface area contributed by atoms with Crippen LogP contribution in [0.5, 0.6) is 0 Å². The fourth-order valence-electron chi connectivity index (χ4n) is 1.47. The molecule has 2 rings (SSSR count).